The van der Waals surface area contributed by atoms with E-state index in [9.17, 15) is 23.4 Å². The summed E-state index contributed by atoms with van der Waals surface area (Å²) in [4.78, 5) is 19.0. The molecule has 0 saturated heterocycles. The number of fused-ring (bicyclic) bond motifs is 1. The lowest BCUT2D eigenvalue weighted by Gasteiger charge is -2.12. The maximum absolute atomic E-state index is 12.7. The number of urea groups is 1. The van der Waals surface area contributed by atoms with Crippen molar-refractivity contribution in [2.24, 2.45) is 0 Å². The van der Waals surface area contributed by atoms with E-state index in [0.717, 1.165) is 0 Å². The Hall–Kier alpha value is -3.43. The van der Waals surface area contributed by atoms with Crippen LogP contribution in [0.5, 0.6) is 5.75 Å². The molecule has 36 heavy (non-hydrogen) atoms. The molecular formula is C22H29N5O8S. The molecule has 0 fully saturated rings. The average molecular weight is 524 g/mol. The van der Waals surface area contributed by atoms with E-state index in [4.69, 9.17) is 13.7 Å². The van der Waals surface area contributed by atoms with Crippen molar-refractivity contribution in [2.45, 2.75) is 17.1 Å². The third kappa shape index (κ3) is 7.79. The summed E-state index contributed by atoms with van der Waals surface area (Å²) in [5.74, 6) is 0.178. The Morgan fingerprint density at radius 1 is 1.03 bits per heavy atom. The lowest BCUT2D eigenvalue weighted by atomic mass is 10.3. The second kappa shape index (κ2) is 12.5. The molecule has 3 rings (SSSR count). The van der Waals surface area contributed by atoms with Gasteiger partial charge in [-0.2, -0.15) is 8.42 Å². The zero-order valence-electron chi connectivity index (χ0n) is 19.7. The fourth-order valence-corrected chi connectivity index (χ4v) is 4.04. The Kier molecular flexibility index (Phi) is 9.44. The van der Waals surface area contributed by atoms with E-state index in [2.05, 4.69) is 25.9 Å². The number of carbonyl (C=O) groups excluding carboxylic acids is 1. The zero-order chi connectivity index (χ0) is 26.1. The van der Waals surface area contributed by atoms with Crippen LogP contribution in [0.25, 0.3) is 11.0 Å². The number of aromatic nitrogens is 2. The molecule has 196 valence electrons. The van der Waals surface area contributed by atoms with Crippen LogP contribution in [0.3, 0.4) is 0 Å². The summed E-state index contributed by atoms with van der Waals surface area (Å²) in [7, 11) is -1.19. The number of nitrogens with zero attached hydrogens (tertiary/aromatic N) is 1. The molecule has 0 saturated carbocycles. The lowest BCUT2D eigenvalue weighted by Crippen LogP contribution is -2.37. The van der Waals surface area contributed by atoms with Gasteiger partial charge < -0.3 is 39.5 Å². The Labute approximate surface area is 207 Å². The summed E-state index contributed by atoms with van der Waals surface area (Å²) in [6, 6.07) is 9.74. The van der Waals surface area contributed by atoms with Gasteiger partial charge in [0.15, 0.2) is 0 Å². The zero-order valence-corrected chi connectivity index (χ0v) is 20.5. The summed E-state index contributed by atoms with van der Waals surface area (Å²) in [5, 5.41) is 27.2. The van der Waals surface area contributed by atoms with E-state index >= 15 is 0 Å². The molecule has 0 aliphatic heterocycles. The number of benzene rings is 2. The number of nitrogens with one attached hydrogen (secondary N) is 4. The van der Waals surface area contributed by atoms with Gasteiger partial charge in [-0.1, -0.05) is 0 Å². The largest absolute Gasteiger partial charge is 0.389 e. The summed E-state index contributed by atoms with van der Waals surface area (Å²) in [6.45, 7) is 0.492. The molecule has 2 aromatic carbocycles. The normalized spacial score (nSPS) is 13.2. The van der Waals surface area contributed by atoms with Crippen LogP contribution in [-0.4, -0.2) is 87.4 Å². The van der Waals surface area contributed by atoms with Gasteiger partial charge in [-0.25, -0.2) is 9.78 Å². The predicted molar refractivity (Wildman–Crippen MR) is 132 cm³/mol. The molecule has 2 unspecified atom stereocenters. The SMILES string of the molecule is COCC(O)CNC(=O)Nc1nc2ccc(OS(=O)(=O)c3ccc(NCC(O)COC)cc3)cc2[nH]1. The summed E-state index contributed by atoms with van der Waals surface area (Å²) in [6.07, 6.45) is -1.54. The average Bonchev–Trinajstić information content (AvgIpc) is 3.23. The van der Waals surface area contributed by atoms with Crippen molar-refractivity contribution in [1.29, 1.82) is 0 Å². The first-order chi connectivity index (χ1) is 17.2. The minimum Gasteiger partial charge on any atom is -0.389 e. The van der Waals surface area contributed by atoms with Crippen molar-refractivity contribution in [1.82, 2.24) is 15.3 Å². The summed E-state index contributed by atoms with van der Waals surface area (Å²) in [5.41, 5.74) is 1.53. The Balaban J connectivity index is 1.61. The molecule has 6 N–H and O–H groups in total. The number of hydrogen-bond donors (Lipinski definition) is 6. The number of imidazole rings is 1. The van der Waals surface area contributed by atoms with Gasteiger partial charge in [0.25, 0.3) is 0 Å². The van der Waals surface area contributed by atoms with Gasteiger partial charge in [0.2, 0.25) is 5.95 Å². The number of H-pyrrole nitrogens is 1. The van der Waals surface area contributed by atoms with E-state index in [-0.39, 0.29) is 42.9 Å². The summed E-state index contributed by atoms with van der Waals surface area (Å²) >= 11 is 0. The molecule has 1 aromatic heterocycles. The minimum absolute atomic E-state index is 0.0113. The van der Waals surface area contributed by atoms with Crippen molar-refractivity contribution in [3.63, 3.8) is 0 Å². The maximum atomic E-state index is 12.7. The monoisotopic (exact) mass is 523 g/mol. The van der Waals surface area contributed by atoms with E-state index < -0.39 is 28.4 Å². The lowest BCUT2D eigenvalue weighted by molar-refractivity contribution is 0.0663. The van der Waals surface area contributed by atoms with Crippen LogP contribution in [0, 0.1) is 0 Å². The Morgan fingerprint density at radius 3 is 2.36 bits per heavy atom. The van der Waals surface area contributed by atoms with Gasteiger partial charge in [0.1, 0.15) is 10.6 Å². The number of ether oxygens (including phenoxy) is 2. The van der Waals surface area contributed by atoms with E-state index in [0.29, 0.717) is 16.7 Å². The number of anilines is 2. The van der Waals surface area contributed by atoms with Gasteiger partial charge in [-0.3, -0.25) is 5.32 Å². The minimum atomic E-state index is -4.12. The van der Waals surface area contributed by atoms with Crippen molar-refractivity contribution < 1.29 is 37.1 Å². The predicted octanol–water partition coefficient (Wildman–Crippen LogP) is 0.879. The number of rotatable bonds is 13. The molecule has 0 spiro atoms. The molecule has 0 aliphatic carbocycles. The highest BCUT2D eigenvalue weighted by Crippen LogP contribution is 2.24. The van der Waals surface area contributed by atoms with Crippen LogP contribution < -0.4 is 20.1 Å². The first-order valence-corrected chi connectivity index (χ1v) is 12.3. The van der Waals surface area contributed by atoms with Gasteiger partial charge in [0, 0.05) is 39.1 Å². The second-order valence-corrected chi connectivity index (χ2v) is 9.31. The van der Waals surface area contributed by atoms with Crippen molar-refractivity contribution in [2.75, 3.05) is 51.2 Å². The molecule has 1 heterocycles. The van der Waals surface area contributed by atoms with E-state index in [1.54, 1.807) is 18.2 Å². The van der Waals surface area contributed by atoms with Crippen LogP contribution in [-0.2, 0) is 19.6 Å². The Morgan fingerprint density at radius 2 is 1.69 bits per heavy atom. The number of methoxy groups -OCH3 is 2. The number of amides is 2. The number of aliphatic hydroxyl groups is 2. The third-order valence-electron chi connectivity index (χ3n) is 4.79. The molecular weight excluding hydrogens is 494 g/mol. The van der Waals surface area contributed by atoms with Crippen molar-refractivity contribution in [3.05, 3.63) is 42.5 Å². The van der Waals surface area contributed by atoms with E-state index in [1.165, 1.54) is 38.5 Å². The molecule has 0 aliphatic rings. The van der Waals surface area contributed by atoms with Gasteiger partial charge in [-0.15, -0.1) is 0 Å². The molecule has 2 atom stereocenters. The van der Waals surface area contributed by atoms with Crippen LogP contribution in [0.15, 0.2) is 47.4 Å². The van der Waals surface area contributed by atoms with Crippen molar-refractivity contribution >= 4 is 38.8 Å². The van der Waals surface area contributed by atoms with Gasteiger partial charge >= 0.3 is 16.1 Å². The molecule has 14 heteroatoms. The number of aliphatic hydroxyl groups excluding tert-OH is 2. The summed E-state index contributed by atoms with van der Waals surface area (Å²) < 4.78 is 40.3. The molecule has 13 nitrogen and oxygen atoms in total. The van der Waals surface area contributed by atoms with E-state index in [1.807, 2.05) is 0 Å². The fraction of sp³-hybridized carbons (Fsp3) is 0.364. The van der Waals surface area contributed by atoms with Gasteiger partial charge in [-0.05, 0) is 36.4 Å². The fourth-order valence-electron chi connectivity index (χ4n) is 3.11. The maximum Gasteiger partial charge on any atom is 0.339 e. The van der Waals surface area contributed by atoms with Crippen LogP contribution in [0.4, 0.5) is 16.4 Å². The number of aromatic amines is 1. The second-order valence-electron chi connectivity index (χ2n) is 7.76. The highest BCUT2D eigenvalue weighted by atomic mass is 32.2. The van der Waals surface area contributed by atoms with Crippen LogP contribution >= 0.6 is 0 Å². The highest BCUT2D eigenvalue weighted by Gasteiger charge is 2.18. The molecule has 2 amide bonds. The molecule has 0 bridgehead atoms. The first-order valence-electron chi connectivity index (χ1n) is 10.9. The topological polar surface area (TPSA) is 184 Å². The quantitative estimate of drug-likeness (QED) is 0.176. The van der Waals surface area contributed by atoms with Crippen molar-refractivity contribution in [3.8, 4) is 5.75 Å². The number of carbonyl (C=O) groups is 1. The molecule has 3 aromatic rings. The highest BCUT2D eigenvalue weighted by molar-refractivity contribution is 7.87. The third-order valence-corrected chi connectivity index (χ3v) is 6.05. The smallest absolute Gasteiger partial charge is 0.339 e. The van der Waals surface area contributed by atoms with Crippen LogP contribution in [0.2, 0.25) is 0 Å². The van der Waals surface area contributed by atoms with Gasteiger partial charge in [0.05, 0.1) is 36.5 Å². The molecule has 0 radical (unpaired) electrons. The number of hydrogen-bond acceptors (Lipinski definition) is 10. The first kappa shape index (κ1) is 27.2. The standard InChI is InChI=1S/C22H29N5O8S/c1-33-12-15(28)10-23-14-3-6-18(7-4-14)36(31,32)35-17-5-8-19-20(9-17)26-21(25-19)27-22(30)24-11-16(29)13-34-2/h3-9,15-16,23,28-29H,10-13H2,1-2H3,(H3,24,25,26,27,30). The Bertz CT molecular complexity index is 1250. The van der Waals surface area contributed by atoms with Crippen LogP contribution in [0.1, 0.15) is 0 Å².